The Hall–Kier alpha value is -4.77. The summed E-state index contributed by atoms with van der Waals surface area (Å²) in [6.07, 6.45) is 0.561. The van der Waals surface area contributed by atoms with E-state index in [9.17, 15) is 14.7 Å². The number of aromatic nitrogens is 1. The highest BCUT2D eigenvalue weighted by atomic mass is 16.5. The van der Waals surface area contributed by atoms with Crippen molar-refractivity contribution in [3.05, 3.63) is 88.4 Å². The van der Waals surface area contributed by atoms with Crippen molar-refractivity contribution < 1.29 is 28.9 Å². The summed E-state index contributed by atoms with van der Waals surface area (Å²) in [5.41, 5.74) is 8.05. The number of aryl methyl sites for hydroxylation is 1. The van der Waals surface area contributed by atoms with Crippen LogP contribution in [0.15, 0.2) is 71.0 Å². The molecule has 0 bridgehead atoms. The maximum atomic E-state index is 12.4. The molecule has 2 amide bonds. The first-order valence-corrected chi connectivity index (χ1v) is 13.2. The fourth-order valence-electron chi connectivity index (χ4n) is 4.71. The summed E-state index contributed by atoms with van der Waals surface area (Å²) in [5, 5.41) is 20.0. The lowest BCUT2D eigenvalue weighted by atomic mass is 9.95. The van der Waals surface area contributed by atoms with Crippen LogP contribution in [0.5, 0.6) is 11.5 Å². The lowest BCUT2D eigenvalue weighted by Gasteiger charge is -2.28. The van der Waals surface area contributed by atoms with Crippen LogP contribution in [0, 0.1) is 13.8 Å². The van der Waals surface area contributed by atoms with Crippen LogP contribution in [0.2, 0.25) is 0 Å². The molecule has 0 radical (unpaired) electrons. The van der Waals surface area contributed by atoms with Crippen LogP contribution >= 0.6 is 0 Å². The summed E-state index contributed by atoms with van der Waals surface area (Å²) in [6.45, 7) is 7.74. The molecule has 0 unspecified atom stereocenters. The zero-order chi connectivity index (χ0) is 29.5. The van der Waals surface area contributed by atoms with Gasteiger partial charge in [0, 0.05) is 28.3 Å². The van der Waals surface area contributed by atoms with Gasteiger partial charge in [0.2, 0.25) is 0 Å². The Morgan fingerprint density at radius 1 is 1.12 bits per heavy atom. The molecular formula is C30H35N5O6. The number of allylic oxidation sites excluding steroid dienone is 1. The third-order valence-corrected chi connectivity index (χ3v) is 6.58. The monoisotopic (exact) mass is 561 g/mol. The van der Waals surface area contributed by atoms with E-state index in [1.165, 1.54) is 7.11 Å². The molecule has 1 aliphatic rings. The van der Waals surface area contributed by atoms with Crippen molar-refractivity contribution in [2.45, 2.75) is 40.0 Å². The number of amides is 2. The zero-order valence-electron chi connectivity index (χ0n) is 23.7. The number of methoxy groups -OCH3 is 1. The largest absolute Gasteiger partial charge is 0.490 e. The molecule has 41 heavy (non-hydrogen) atoms. The average molecular weight is 562 g/mol. The number of hydrazone groups is 1. The van der Waals surface area contributed by atoms with Gasteiger partial charge in [-0.2, -0.15) is 5.10 Å². The van der Waals surface area contributed by atoms with Crippen LogP contribution < -0.4 is 25.5 Å². The maximum absolute atomic E-state index is 12.4. The number of nitrogens with one attached hydrogen (secondary N) is 3. The molecule has 1 aromatic heterocycles. The van der Waals surface area contributed by atoms with Gasteiger partial charge in [0.05, 0.1) is 31.5 Å². The summed E-state index contributed by atoms with van der Waals surface area (Å²) in [5.74, 6) is 0.214. The van der Waals surface area contributed by atoms with Crippen molar-refractivity contribution in [3.8, 4) is 17.2 Å². The summed E-state index contributed by atoms with van der Waals surface area (Å²) in [6, 6.07) is 16.0. The Balaban J connectivity index is 1.43. The number of esters is 1. The number of carbonyl (C=O) groups excluding carboxylic acids is 2. The van der Waals surface area contributed by atoms with E-state index >= 15 is 0 Å². The Bertz CT molecular complexity index is 1460. The first-order valence-electron chi connectivity index (χ1n) is 13.2. The number of urea groups is 1. The molecule has 0 saturated carbocycles. The SMILES string of the molecule is CCOc1cc([C@H]2NC(=O)NC(C)=C2C(=O)OC)ccc1OC[C@@H](O)N/N=C/c1cc(C)n(-c2ccccc2)c1C. The van der Waals surface area contributed by atoms with E-state index < -0.39 is 24.3 Å². The van der Waals surface area contributed by atoms with Gasteiger partial charge in [-0.3, -0.25) is 5.43 Å². The molecule has 11 heteroatoms. The molecule has 0 spiro atoms. The molecule has 3 aromatic rings. The first kappa shape index (κ1) is 29.2. The van der Waals surface area contributed by atoms with Gasteiger partial charge in [0.15, 0.2) is 17.7 Å². The lowest BCUT2D eigenvalue weighted by Crippen LogP contribution is -2.45. The van der Waals surface area contributed by atoms with Gasteiger partial charge in [0.1, 0.15) is 6.61 Å². The number of hydrogen-bond donors (Lipinski definition) is 4. The van der Waals surface area contributed by atoms with Gasteiger partial charge in [0.25, 0.3) is 0 Å². The average Bonchev–Trinajstić information content (AvgIpc) is 3.24. The number of aliphatic hydroxyl groups excluding tert-OH is 1. The van der Waals surface area contributed by atoms with Gasteiger partial charge in [-0.15, -0.1) is 0 Å². The number of benzene rings is 2. The second-order valence-electron chi connectivity index (χ2n) is 9.41. The molecule has 216 valence electrons. The van der Waals surface area contributed by atoms with Crippen molar-refractivity contribution in [1.29, 1.82) is 0 Å². The number of aliphatic hydroxyl groups is 1. The van der Waals surface area contributed by atoms with Crippen molar-refractivity contribution in [3.63, 3.8) is 0 Å². The van der Waals surface area contributed by atoms with Crippen molar-refractivity contribution in [2.24, 2.45) is 5.10 Å². The quantitative estimate of drug-likeness (QED) is 0.122. The van der Waals surface area contributed by atoms with E-state index in [0.29, 0.717) is 29.4 Å². The molecule has 0 saturated heterocycles. The normalized spacial score (nSPS) is 15.8. The molecule has 2 heterocycles. The minimum absolute atomic E-state index is 0.115. The van der Waals surface area contributed by atoms with Gasteiger partial charge >= 0.3 is 12.0 Å². The van der Waals surface area contributed by atoms with E-state index in [2.05, 4.69) is 25.7 Å². The maximum Gasteiger partial charge on any atom is 0.337 e. The standard InChI is InChI=1S/C30H35N5O6/c1-6-40-25-15-21(28-27(29(37)39-5)19(3)32-30(38)33-28)12-13-24(25)41-17-26(36)34-31-16-22-14-18(2)35(20(22)4)23-10-8-7-9-11-23/h7-16,26,28,34,36H,6,17H2,1-5H3,(H2,32,33,38)/b31-16+/t26-,28-/m1/s1. The molecule has 4 N–H and O–H groups in total. The molecule has 2 aromatic carbocycles. The van der Waals surface area contributed by atoms with Crippen molar-refractivity contribution in [1.82, 2.24) is 20.6 Å². The molecule has 2 atom stereocenters. The molecule has 1 aliphatic heterocycles. The second-order valence-corrected chi connectivity index (χ2v) is 9.41. The van der Waals surface area contributed by atoms with Gasteiger partial charge < -0.3 is 34.5 Å². The number of nitrogens with zero attached hydrogens (tertiary/aromatic N) is 2. The number of rotatable bonds is 11. The van der Waals surface area contributed by atoms with Crippen molar-refractivity contribution in [2.75, 3.05) is 20.3 Å². The number of para-hydroxylation sites is 1. The first-order chi connectivity index (χ1) is 19.7. The minimum atomic E-state index is -1.10. The predicted molar refractivity (Wildman–Crippen MR) is 154 cm³/mol. The summed E-state index contributed by atoms with van der Waals surface area (Å²) in [4.78, 5) is 24.6. The molecule has 0 fully saturated rings. The number of carbonyl (C=O) groups is 2. The fraction of sp³-hybridized carbons (Fsp3) is 0.300. The van der Waals surface area contributed by atoms with E-state index in [0.717, 1.165) is 22.6 Å². The second kappa shape index (κ2) is 13.1. The van der Waals surface area contributed by atoms with Crippen LogP contribution in [-0.2, 0) is 9.53 Å². The van der Waals surface area contributed by atoms with E-state index in [1.807, 2.05) is 57.2 Å². The highest BCUT2D eigenvalue weighted by Crippen LogP contribution is 2.35. The molecule has 0 aliphatic carbocycles. The topological polar surface area (TPSA) is 135 Å². The Labute approximate surface area is 238 Å². The number of ether oxygens (including phenoxy) is 3. The molecule has 4 rings (SSSR count). The van der Waals surface area contributed by atoms with Crippen LogP contribution in [0.3, 0.4) is 0 Å². The van der Waals surface area contributed by atoms with Crippen LogP contribution in [-0.4, -0.2) is 54.4 Å². The summed E-state index contributed by atoms with van der Waals surface area (Å²) in [7, 11) is 1.28. The Morgan fingerprint density at radius 3 is 2.59 bits per heavy atom. The van der Waals surface area contributed by atoms with Crippen LogP contribution in [0.25, 0.3) is 5.69 Å². The lowest BCUT2D eigenvalue weighted by molar-refractivity contribution is -0.136. The predicted octanol–water partition coefficient (Wildman–Crippen LogP) is 3.61. The van der Waals surface area contributed by atoms with E-state index in [-0.39, 0.29) is 12.2 Å². The Morgan fingerprint density at radius 2 is 1.88 bits per heavy atom. The van der Waals surface area contributed by atoms with Crippen LogP contribution in [0.1, 0.15) is 42.4 Å². The number of hydrogen-bond acceptors (Lipinski definition) is 8. The van der Waals surface area contributed by atoms with Gasteiger partial charge in [-0.25, -0.2) is 9.59 Å². The highest BCUT2D eigenvalue weighted by molar-refractivity contribution is 5.95. The Kier molecular flexibility index (Phi) is 9.30. The fourth-order valence-corrected chi connectivity index (χ4v) is 4.71. The molecule has 11 nitrogen and oxygen atoms in total. The van der Waals surface area contributed by atoms with Crippen molar-refractivity contribution >= 4 is 18.2 Å². The van der Waals surface area contributed by atoms with E-state index in [4.69, 9.17) is 14.2 Å². The minimum Gasteiger partial charge on any atom is -0.490 e. The summed E-state index contributed by atoms with van der Waals surface area (Å²) < 4.78 is 18.6. The smallest absolute Gasteiger partial charge is 0.337 e. The molecular weight excluding hydrogens is 526 g/mol. The van der Waals surface area contributed by atoms with E-state index in [1.54, 1.807) is 31.3 Å². The third-order valence-electron chi connectivity index (χ3n) is 6.58. The third kappa shape index (κ3) is 6.69. The zero-order valence-corrected chi connectivity index (χ0v) is 23.7. The highest BCUT2D eigenvalue weighted by Gasteiger charge is 2.32. The van der Waals surface area contributed by atoms with Gasteiger partial charge in [-0.05, 0) is 63.6 Å². The van der Waals surface area contributed by atoms with Gasteiger partial charge in [-0.1, -0.05) is 24.3 Å². The summed E-state index contributed by atoms with van der Waals surface area (Å²) >= 11 is 0. The van der Waals surface area contributed by atoms with Crippen LogP contribution in [0.4, 0.5) is 4.79 Å².